The predicted octanol–water partition coefficient (Wildman–Crippen LogP) is -9.96. The van der Waals surface area contributed by atoms with Gasteiger partial charge < -0.3 is 54.4 Å². The Balaban J connectivity index is -0.000000127. The van der Waals surface area contributed by atoms with Gasteiger partial charge in [-0.15, -0.1) is 23.2 Å². The zero-order valence-corrected chi connectivity index (χ0v) is 37.4. The van der Waals surface area contributed by atoms with Gasteiger partial charge in [0.2, 0.25) is 0 Å². The van der Waals surface area contributed by atoms with Crippen LogP contribution in [-0.4, -0.2) is 185 Å². The summed E-state index contributed by atoms with van der Waals surface area (Å²) >= 11 is 14.5. The third-order valence-corrected chi connectivity index (χ3v) is 8.30. The number of aliphatic hydroxyl groups excluding tert-OH is 6. The van der Waals surface area contributed by atoms with E-state index in [2.05, 4.69) is 12.6 Å². The maximum Gasteiger partial charge on any atom is 1.00 e. The molecule has 3 unspecified atom stereocenters. The van der Waals surface area contributed by atoms with Gasteiger partial charge in [0.1, 0.15) is 32.7 Å². The van der Waals surface area contributed by atoms with Crippen LogP contribution in [0.2, 0.25) is 0 Å². The maximum absolute atomic E-state index is 9.91. The summed E-state index contributed by atoms with van der Waals surface area (Å²) in [7, 11) is 0. The second-order valence-corrected chi connectivity index (χ2v) is 15.8. The SMILES string of the molecule is ClCCOCCCl.O=CCSCCOCCSCC=O.OCC(O)CS.OCC(O)CSCCOCCSCC(O)CO.[Na+].[O-][I+3]([O-])([O-])[O-]. The van der Waals surface area contributed by atoms with E-state index in [0.717, 1.165) is 35.6 Å². The van der Waals surface area contributed by atoms with E-state index >= 15 is 0 Å². The largest absolute Gasteiger partial charge is 1.00 e. The van der Waals surface area contributed by atoms with Crippen LogP contribution in [0.3, 0.4) is 0 Å². The fourth-order valence-corrected chi connectivity index (χ4v) is 4.64. The fraction of sp³-hybridized carbons (Fsp3) is 0.920. The van der Waals surface area contributed by atoms with Crippen molar-refractivity contribution in [2.45, 2.75) is 18.3 Å². The molecule has 0 aromatic heterocycles. The molecule has 0 radical (unpaired) electrons. The van der Waals surface area contributed by atoms with Crippen LogP contribution in [0.25, 0.3) is 0 Å². The number of hydrogen-bond acceptors (Lipinski definition) is 20. The summed E-state index contributed by atoms with van der Waals surface area (Å²) in [6.07, 6.45) is -0.144. The van der Waals surface area contributed by atoms with Crippen LogP contribution in [0.1, 0.15) is 0 Å². The van der Waals surface area contributed by atoms with Crippen molar-refractivity contribution in [3.05, 3.63) is 0 Å². The molecule has 0 rings (SSSR count). The quantitative estimate of drug-likeness (QED) is 0.00958. The molecule has 49 heavy (non-hydrogen) atoms. The first-order chi connectivity index (χ1) is 22.8. The third kappa shape index (κ3) is 89.4. The molecule has 24 heteroatoms. The van der Waals surface area contributed by atoms with Gasteiger partial charge in [0.15, 0.2) is 0 Å². The van der Waals surface area contributed by atoms with Gasteiger partial charge in [-0.1, -0.05) is 0 Å². The topological polar surface area (TPSA) is 275 Å². The predicted molar refractivity (Wildman–Crippen MR) is 188 cm³/mol. The minimum atomic E-state index is -5.94. The van der Waals surface area contributed by atoms with Gasteiger partial charge in [-0.2, -0.15) is 59.7 Å². The van der Waals surface area contributed by atoms with E-state index in [-0.39, 0.29) is 49.4 Å². The Hall–Kier alpha value is 2.88. The monoisotopic (exact) mass is 972 g/mol. The van der Waals surface area contributed by atoms with Crippen molar-refractivity contribution >= 4 is 95.5 Å². The number of aldehydes is 2. The molecule has 0 heterocycles. The average Bonchev–Trinajstić information content (AvgIpc) is 3.06. The molecule has 15 nitrogen and oxygen atoms in total. The van der Waals surface area contributed by atoms with Crippen LogP contribution in [0, 0.1) is 0 Å². The molecule has 0 aromatic rings. The molecule has 0 saturated carbocycles. The third-order valence-electron chi connectivity index (χ3n) is 3.77. The molecule has 0 spiro atoms. The van der Waals surface area contributed by atoms with Crippen LogP contribution >= 0.6 is 82.9 Å². The first-order valence-electron chi connectivity index (χ1n) is 14.0. The van der Waals surface area contributed by atoms with Crippen molar-refractivity contribution in [1.29, 1.82) is 0 Å². The van der Waals surface area contributed by atoms with Crippen LogP contribution in [0.4, 0.5) is 0 Å². The second-order valence-electron chi connectivity index (χ2n) is 7.92. The molecule has 3 atom stereocenters. The number of alkyl halides is 2. The number of thioether (sulfide) groups is 4. The summed E-state index contributed by atoms with van der Waals surface area (Å²) in [6.45, 7) is 3.22. The molecule has 294 valence electrons. The van der Waals surface area contributed by atoms with Crippen molar-refractivity contribution in [2.24, 2.45) is 0 Å². The molecule has 0 aliphatic carbocycles. The summed E-state index contributed by atoms with van der Waals surface area (Å²) in [5.41, 5.74) is 0. The van der Waals surface area contributed by atoms with Gasteiger partial charge in [0, 0.05) is 63.5 Å². The molecule has 0 aromatic carbocycles. The molecule has 0 fully saturated rings. The number of rotatable bonds is 28. The van der Waals surface area contributed by atoms with Gasteiger partial charge in [0.05, 0.1) is 77.8 Å². The van der Waals surface area contributed by atoms with Crippen molar-refractivity contribution in [3.8, 4) is 0 Å². The van der Waals surface area contributed by atoms with E-state index in [1.807, 2.05) is 0 Å². The molecule has 0 bridgehead atoms. The normalized spacial score (nSPS) is 12.1. The van der Waals surface area contributed by atoms with Crippen molar-refractivity contribution < 1.29 is 118 Å². The van der Waals surface area contributed by atoms with E-state index < -0.39 is 38.4 Å². The van der Waals surface area contributed by atoms with Crippen LogP contribution in [0.5, 0.6) is 0 Å². The fourth-order valence-electron chi connectivity index (χ4n) is 1.75. The average molecular weight is 974 g/mol. The van der Waals surface area contributed by atoms with Gasteiger partial charge in [0.25, 0.3) is 0 Å². The van der Waals surface area contributed by atoms with E-state index in [4.69, 9.17) is 81.8 Å². The summed E-state index contributed by atoms with van der Waals surface area (Å²) in [5.74, 6) is 6.88. The molecule has 0 aliphatic rings. The zero-order valence-electron chi connectivity index (χ0n) is 27.6. The Morgan fingerprint density at radius 3 is 1.12 bits per heavy atom. The Morgan fingerprint density at radius 1 is 0.612 bits per heavy atom. The molecular formula is C25H52Cl2INaO15S5. The van der Waals surface area contributed by atoms with Gasteiger partial charge in [-0.25, -0.2) is 0 Å². The summed E-state index contributed by atoms with van der Waals surface area (Å²) < 4.78 is 49.9. The first kappa shape index (κ1) is 63.8. The smallest absolute Gasteiger partial charge is 0.394 e. The van der Waals surface area contributed by atoms with Crippen molar-refractivity contribution in [1.82, 2.24) is 0 Å². The summed E-state index contributed by atoms with van der Waals surface area (Å²) in [5, 5.41) is 51.6. The van der Waals surface area contributed by atoms with Crippen LogP contribution in [0.15, 0.2) is 0 Å². The molecular weight excluding hydrogens is 921 g/mol. The van der Waals surface area contributed by atoms with Crippen molar-refractivity contribution in [2.75, 3.05) is 123 Å². The number of carbonyl (C=O) groups is 2. The van der Waals surface area contributed by atoms with Gasteiger partial charge in [-0.05, 0) is 0 Å². The zero-order chi connectivity index (χ0) is 37.7. The van der Waals surface area contributed by atoms with Crippen LogP contribution < -0.4 is 63.4 Å². The number of thiol groups is 1. The van der Waals surface area contributed by atoms with E-state index in [1.54, 1.807) is 47.0 Å². The number of aliphatic hydroxyl groups is 6. The number of hydrogen-bond donors (Lipinski definition) is 7. The number of halogens is 3. The molecule has 0 aliphatic heterocycles. The first-order valence-corrected chi connectivity index (χ1v) is 23.8. The Morgan fingerprint density at radius 2 is 0.898 bits per heavy atom. The standard InChI is InChI=1S/C10H22O5S2.C8H14O3S2.C4H8Cl2O.C3H8O2S.IO4.Na/c11-5-9(13)7-16-3-1-15-2-4-17-8-10(14)6-12;9-1-5-12-7-3-11-4-8-13-6-2-10;5-1-3-7-4-2-6;4-1-3(5)2-6;2-1(3,4)5;/h9-14H,1-8H2;1-2H,3-8H2;1-4H2;3-6H,1-2H2;;/q;;;;-1;+1. The second kappa shape index (κ2) is 57.6. The van der Waals surface area contributed by atoms with Crippen LogP contribution in [-0.2, 0) is 23.8 Å². The summed E-state index contributed by atoms with van der Waals surface area (Å²) in [6, 6.07) is 0. The minimum Gasteiger partial charge on any atom is -0.394 e. The number of carbonyl (C=O) groups excluding carboxylic acids is 2. The Labute approximate surface area is 351 Å². The van der Waals surface area contributed by atoms with Gasteiger partial charge in [-0.3, -0.25) is 13.7 Å². The molecule has 0 amide bonds. The molecule has 0 saturated heterocycles. The maximum atomic E-state index is 9.91. The number of ether oxygens (including phenoxy) is 3. The van der Waals surface area contributed by atoms with Crippen molar-refractivity contribution in [3.63, 3.8) is 0 Å². The molecule has 6 N–H and O–H groups in total. The minimum absolute atomic E-state index is 0. The Bertz CT molecular complexity index is 565. The van der Waals surface area contributed by atoms with E-state index in [9.17, 15) is 9.59 Å². The van der Waals surface area contributed by atoms with E-state index in [0.29, 0.717) is 80.2 Å². The van der Waals surface area contributed by atoms with Gasteiger partial charge >= 0.3 is 29.6 Å². The Kier molecular flexibility index (Phi) is 75.0. The summed E-state index contributed by atoms with van der Waals surface area (Å²) in [4.78, 5) is 19.8. The van der Waals surface area contributed by atoms with E-state index in [1.165, 1.54) is 0 Å².